The fourth-order valence-electron chi connectivity index (χ4n) is 10.1. The van der Waals surface area contributed by atoms with Crippen LogP contribution in [0.1, 0.15) is 22.3 Å². The van der Waals surface area contributed by atoms with E-state index in [0.29, 0.717) is 11.5 Å². The molecule has 0 fully saturated rings. The Kier molecular flexibility index (Phi) is 8.79. The van der Waals surface area contributed by atoms with Gasteiger partial charge in [0.05, 0.1) is 0 Å². The van der Waals surface area contributed by atoms with Crippen molar-refractivity contribution in [3.8, 4) is 39.6 Å². The Morgan fingerprint density at radius 1 is 0.571 bits per heavy atom. The summed E-state index contributed by atoms with van der Waals surface area (Å²) in [5, 5.41) is 2.23. The van der Waals surface area contributed by atoms with Crippen molar-refractivity contribution >= 4 is 50.6 Å². The number of aromatic nitrogens is 2. The van der Waals surface area contributed by atoms with Gasteiger partial charge < -0.3 is 19.1 Å². The number of pyridine rings is 1. The maximum absolute atomic E-state index is 6.83. The smallest absolute Gasteiger partial charge is 0.135 e. The van der Waals surface area contributed by atoms with Gasteiger partial charge in [-0.2, -0.15) is 18.8 Å². The molecule has 0 saturated heterocycles. The van der Waals surface area contributed by atoms with Gasteiger partial charge >= 0.3 is 0 Å². The number of fused-ring (bicyclic) bond motifs is 11. The summed E-state index contributed by atoms with van der Waals surface area (Å²) in [6.07, 6.45) is 1.83. The molecule has 5 heterocycles. The molecule has 2 aromatic heterocycles. The predicted molar refractivity (Wildman–Crippen MR) is 251 cm³/mol. The van der Waals surface area contributed by atoms with E-state index in [1.807, 2.05) is 42.2 Å². The molecule has 5 nitrogen and oxygen atoms in total. The molecule has 304 valence electrons. The minimum atomic E-state index is -0.689. The topological polar surface area (TPSA) is 33.5 Å². The molecule has 8 aromatic carbocycles. The summed E-state index contributed by atoms with van der Waals surface area (Å²) in [4.78, 5) is 11.7. The van der Waals surface area contributed by atoms with E-state index in [2.05, 4.69) is 198 Å². The van der Waals surface area contributed by atoms with Crippen molar-refractivity contribution in [3.63, 3.8) is 0 Å². The zero-order valence-corrected chi connectivity index (χ0v) is 37.0. The second-order valence-electron chi connectivity index (χ2n) is 16.1. The van der Waals surface area contributed by atoms with Gasteiger partial charge in [-0.05, 0) is 99.9 Å². The van der Waals surface area contributed by atoms with Crippen molar-refractivity contribution < 1.29 is 25.8 Å². The standard InChI is InChI=1S/C56H35N4OS.Pt/c1-58-35-59-51-34-41(61-40-24-26-43-42-17-8-9-19-48(42)60(50(43)33-40)54-21-10-11-30-57-54)25-27-44(51)56(45-18-12-20-49(58)55(45)59)46-31-38(36-13-4-2-5-14-36)22-28-52(46)62-53-29-23-39(32-47(53)56)37-15-6-3-7-16-37;/h2-32,35H,1H3;/q-3;. The van der Waals surface area contributed by atoms with Crippen LogP contribution in [0.2, 0.25) is 0 Å². The maximum Gasteiger partial charge on any atom is 0.135 e. The van der Waals surface area contributed by atoms with Crippen LogP contribution in [0, 0.1) is 18.8 Å². The molecule has 13 rings (SSSR count). The first-order valence-corrected chi connectivity index (χ1v) is 21.6. The number of hydrogen-bond donors (Lipinski definition) is 0. The van der Waals surface area contributed by atoms with Gasteiger partial charge in [0.25, 0.3) is 0 Å². The number of hydrogen-bond acceptors (Lipinski definition) is 5. The fraction of sp³-hybridized carbons (Fsp3) is 0.0357. The molecule has 0 atom stereocenters. The van der Waals surface area contributed by atoms with Crippen LogP contribution in [0.4, 0.5) is 17.1 Å². The number of anilines is 3. The normalized spacial score (nSPS) is 13.9. The molecular weight excluding hydrogens is 972 g/mol. The molecule has 10 aromatic rings. The van der Waals surface area contributed by atoms with Crippen molar-refractivity contribution in [3.05, 3.63) is 229 Å². The van der Waals surface area contributed by atoms with Crippen LogP contribution in [-0.2, 0) is 26.5 Å². The number of para-hydroxylation sites is 2. The van der Waals surface area contributed by atoms with Gasteiger partial charge in [-0.1, -0.05) is 132 Å². The van der Waals surface area contributed by atoms with Crippen molar-refractivity contribution in [2.45, 2.75) is 15.2 Å². The summed E-state index contributed by atoms with van der Waals surface area (Å²) in [5.41, 5.74) is 14.2. The summed E-state index contributed by atoms with van der Waals surface area (Å²) in [5.74, 6) is 2.05. The van der Waals surface area contributed by atoms with Crippen molar-refractivity contribution in [1.29, 1.82) is 0 Å². The number of rotatable bonds is 5. The molecule has 0 radical (unpaired) electrons. The van der Waals surface area contributed by atoms with Crippen LogP contribution >= 0.6 is 11.8 Å². The van der Waals surface area contributed by atoms with Crippen LogP contribution < -0.4 is 14.5 Å². The molecule has 0 saturated carbocycles. The average Bonchev–Trinajstić information content (AvgIpc) is 3.85. The van der Waals surface area contributed by atoms with Crippen LogP contribution in [0.3, 0.4) is 0 Å². The van der Waals surface area contributed by atoms with E-state index in [1.54, 1.807) is 0 Å². The summed E-state index contributed by atoms with van der Waals surface area (Å²) in [6, 6.07) is 72.7. The maximum atomic E-state index is 6.83. The molecule has 0 aliphatic carbocycles. The van der Waals surface area contributed by atoms with Crippen molar-refractivity contribution in [2.75, 3.05) is 16.8 Å². The number of nitrogens with zero attached hydrogens (tertiary/aromatic N) is 4. The Bertz CT molecular complexity index is 3340. The van der Waals surface area contributed by atoms with Crippen LogP contribution in [0.5, 0.6) is 11.5 Å². The molecule has 0 N–H and O–H groups in total. The van der Waals surface area contributed by atoms with Gasteiger partial charge in [-0.3, -0.25) is 0 Å². The van der Waals surface area contributed by atoms with Crippen molar-refractivity contribution in [2.24, 2.45) is 0 Å². The molecule has 7 heteroatoms. The zero-order chi connectivity index (χ0) is 40.9. The SMILES string of the molecule is CN1[CH-]N2c3[c-]c(Oc4[c-]c5c(cc4)c4ccccc4n5-c4ccccn4)ccc3C3(c4cc(-c5ccccc5)ccc4Sc4ccc(-c5ccccc5)cc43)c3cccc1c32.[Pt]. The molecule has 0 amide bonds. The largest absolute Gasteiger partial charge is 0.509 e. The van der Waals surface area contributed by atoms with E-state index < -0.39 is 5.41 Å². The van der Waals surface area contributed by atoms with E-state index in [0.717, 1.165) is 50.2 Å². The molecule has 3 aliphatic rings. The van der Waals surface area contributed by atoms with E-state index in [-0.39, 0.29) is 21.1 Å². The first-order valence-electron chi connectivity index (χ1n) is 20.8. The monoisotopic (exact) mass is 1010 g/mol. The Balaban J connectivity index is 0.00000421. The molecule has 63 heavy (non-hydrogen) atoms. The zero-order valence-electron chi connectivity index (χ0n) is 33.9. The van der Waals surface area contributed by atoms with Gasteiger partial charge in [0.15, 0.2) is 0 Å². The Morgan fingerprint density at radius 3 is 1.95 bits per heavy atom. The Labute approximate surface area is 384 Å². The summed E-state index contributed by atoms with van der Waals surface area (Å²) in [6.45, 7) is 2.18. The third-order valence-electron chi connectivity index (χ3n) is 12.7. The van der Waals surface area contributed by atoms with E-state index >= 15 is 0 Å². The summed E-state index contributed by atoms with van der Waals surface area (Å²) in [7, 11) is 2.13. The van der Waals surface area contributed by atoms with Gasteiger partial charge in [0, 0.05) is 70.9 Å². The van der Waals surface area contributed by atoms with E-state index in [4.69, 9.17) is 9.72 Å². The summed E-state index contributed by atoms with van der Waals surface area (Å²) >= 11 is 1.86. The Morgan fingerprint density at radius 2 is 1.24 bits per heavy atom. The number of ether oxygens (including phenoxy) is 1. The minimum absolute atomic E-state index is 0. The molecular formula is C56H35N4OPtS-3. The Hall–Kier alpha value is -6.85. The quantitative estimate of drug-likeness (QED) is 0.161. The van der Waals surface area contributed by atoms with E-state index in [1.165, 1.54) is 48.7 Å². The molecule has 3 aliphatic heterocycles. The van der Waals surface area contributed by atoms with E-state index in [9.17, 15) is 0 Å². The summed E-state index contributed by atoms with van der Waals surface area (Å²) < 4.78 is 8.99. The third-order valence-corrected chi connectivity index (χ3v) is 13.9. The number of benzene rings is 8. The average molecular weight is 1010 g/mol. The van der Waals surface area contributed by atoms with Gasteiger partial charge in [-0.15, -0.1) is 35.2 Å². The van der Waals surface area contributed by atoms with Crippen molar-refractivity contribution in [1.82, 2.24) is 9.55 Å². The van der Waals surface area contributed by atoms with Crippen LogP contribution in [-0.4, -0.2) is 16.6 Å². The molecule has 0 unspecified atom stereocenters. The minimum Gasteiger partial charge on any atom is -0.509 e. The van der Waals surface area contributed by atoms with Crippen LogP contribution in [0.15, 0.2) is 198 Å². The second-order valence-corrected chi connectivity index (χ2v) is 17.2. The van der Waals surface area contributed by atoms with Gasteiger partial charge in [-0.25, -0.2) is 4.98 Å². The molecule has 0 bridgehead atoms. The van der Waals surface area contributed by atoms with Crippen LogP contribution in [0.25, 0.3) is 49.9 Å². The predicted octanol–water partition coefficient (Wildman–Crippen LogP) is 13.8. The third kappa shape index (κ3) is 5.64. The first-order chi connectivity index (χ1) is 30.6. The second kappa shape index (κ2) is 14.6. The van der Waals surface area contributed by atoms with Gasteiger partial charge in [0.1, 0.15) is 5.82 Å². The van der Waals surface area contributed by atoms with Gasteiger partial charge in [0.2, 0.25) is 0 Å². The fourth-order valence-corrected chi connectivity index (χ4v) is 11.2. The first kappa shape index (κ1) is 37.9. The molecule has 1 spiro atoms.